The maximum absolute atomic E-state index is 13.3. The number of carbonyl (C=O) groups excluding carboxylic acids is 3. The van der Waals surface area contributed by atoms with Gasteiger partial charge in [-0.2, -0.15) is 0 Å². The third kappa shape index (κ3) is 7.23. The van der Waals surface area contributed by atoms with E-state index in [9.17, 15) is 19.2 Å². The number of aryl methyl sites for hydroxylation is 1. The zero-order chi connectivity index (χ0) is 40.2. The summed E-state index contributed by atoms with van der Waals surface area (Å²) in [5, 5.41) is 5.35. The Kier molecular flexibility index (Phi) is 9.86. The number of imide groups is 1. The largest absolute Gasteiger partial charge is 0.371 e. The van der Waals surface area contributed by atoms with Crippen molar-refractivity contribution in [1.82, 2.24) is 34.6 Å². The van der Waals surface area contributed by atoms with E-state index in [0.717, 1.165) is 116 Å². The van der Waals surface area contributed by atoms with Crippen molar-refractivity contribution in [3.63, 3.8) is 0 Å². The Morgan fingerprint density at radius 1 is 0.746 bits per heavy atom. The molecule has 13 nitrogen and oxygen atoms in total. The SMILES string of the molecule is Cn1c(=O)n(C2CCC(=O)NC2=O)c2ccc(N3CCC(CN4CCN(c5cc(-c6cc(-c7cc8c([nH]7)CCNC8=O)ccn6)cc(C6CCCC6)c5)CC4)CC3)cc21. The predicted molar refractivity (Wildman–Crippen MR) is 229 cm³/mol. The number of hydrogen-bond donors (Lipinski definition) is 3. The minimum atomic E-state index is -0.679. The van der Waals surface area contributed by atoms with Crippen LogP contribution in [0.2, 0.25) is 0 Å². The topological polar surface area (TPSA) is 141 Å². The number of benzene rings is 2. The lowest BCUT2D eigenvalue weighted by atomic mass is 9.93. The van der Waals surface area contributed by atoms with Crippen LogP contribution in [0.5, 0.6) is 0 Å². The molecule has 5 aliphatic rings. The molecule has 4 aliphatic heterocycles. The molecule has 306 valence electrons. The van der Waals surface area contributed by atoms with Gasteiger partial charge in [-0.05, 0) is 104 Å². The number of nitrogens with zero attached hydrogens (tertiary/aromatic N) is 6. The summed E-state index contributed by atoms with van der Waals surface area (Å²) in [5.74, 6) is 0.516. The molecule has 7 heterocycles. The van der Waals surface area contributed by atoms with Crippen LogP contribution in [0.15, 0.2) is 65.6 Å². The average molecular weight is 796 g/mol. The van der Waals surface area contributed by atoms with Crippen LogP contribution in [0.25, 0.3) is 33.5 Å². The number of piperazine rings is 1. The Morgan fingerprint density at radius 2 is 1.54 bits per heavy atom. The van der Waals surface area contributed by atoms with Crippen molar-refractivity contribution in [2.24, 2.45) is 13.0 Å². The van der Waals surface area contributed by atoms with Gasteiger partial charge < -0.3 is 20.1 Å². The van der Waals surface area contributed by atoms with Crippen LogP contribution in [0, 0.1) is 5.92 Å². The van der Waals surface area contributed by atoms with Crippen molar-refractivity contribution in [3.05, 3.63) is 88.1 Å². The van der Waals surface area contributed by atoms with E-state index in [1.165, 1.54) is 36.9 Å². The standard InChI is InChI=1S/C46H53N9O4/c1-51-42-26-34(6-7-40(42)55(46(51)59)41-8-9-43(56)50-45(41)58)53-16-12-29(13-17-53)28-52-18-20-54(21-19-52)35-23-32(30-4-2-3-5-30)22-33(24-35)38-25-31(10-14-47-38)39-27-36-37(49-39)11-15-48-44(36)57/h6-7,10,14,22-27,29-30,41,49H,2-5,8-9,11-13,15-21,28H2,1H3,(H,48,57)(H,50,56,58). The van der Waals surface area contributed by atoms with Crippen LogP contribution in [0.4, 0.5) is 11.4 Å². The highest BCUT2D eigenvalue weighted by Crippen LogP contribution is 2.39. The van der Waals surface area contributed by atoms with Crippen LogP contribution in [0.3, 0.4) is 0 Å². The van der Waals surface area contributed by atoms with E-state index in [0.29, 0.717) is 24.8 Å². The van der Waals surface area contributed by atoms with Gasteiger partial charge in [0.05, 0.1) is 22.3 Å². The fourth-order valence-electron chi connectivity index (χ4n) is 10.4. The van der Waals surface area contributed by atoms with Crippen molar-refractivity contribution in [2.45, 2.75) is 69.7 Å². The van der Waals surface area contributed by atoms with Gasteiger partial charge in [0.2, 0.25) is 11.8 Å². The molecule has 3 aromatic heterocycles. The quantitative estimate of drug-likeness (QED) is 0.179. The number of pyridine rings is 1. The number of nitrogens with one attached hydrogen (secondary N) is 3. The number of carbonyl (C=O) groups is 3. The molecule has 5 aromatic rings. The van der Waals surface area contributed by atoms with Crippen LogP contribution in [0.1, 0.15) is 84.9 Å². The van der Waals surface area contributed by atoms with Gasteiger partial charge in [-0.1, -0.05) is 12.8 Å². The van der Waals surface area contributed by atoms with Crippen molar-refractivity contribution < 1.29 is 14.4 Å². The van der Waals surface area contributed by atoms with Gasteiger partial charge in [-0.15, -0.1) is 0 Å². The molecule has 3 saturated heterocycles. The van der Waals surface area contributed by atoms with Gasteiger partial charge in [0.25, 0.3) is 5.91 Å². The number of H-pyrrole nitrogens is 1. The highest BCUT2D eigenvalue weighted by molar-refractivity contribution is 6.00. The molecule has 2 aromatic carbocycles. The van der Waals surface area contributed by atoms with E-state index in [2.05, 4.69) is 66.7 Å². The summed E-state index contributed by atoms with van der Waals surface area (Å²) in [4.78, 5) is 66.2. The number of anilines is 2. The van der Waals surface area contributed by atoms with E-state index in [4.69, 9.17) is 4.98 Å². The first-order valence-corrected chi connectivity index (χ1v) is 21.6. The summed E-state index contributed by atoms with van der Waals surface area (Å²) in [6.45, 7) is 7.76. The molecule has 1 saturated carbocycles. The highest BCUT2D eigenvalue weighted by Gasteiger charge is 2.32. The van der Waals surface area contributed by atoms with Gasteiger partial charge in [0.15, 0.2) is 0 Å². The summed E-state index contributed by atoms with van der Waals surface area (Å²) >= 11 is 0. The number of fused-ring (bicyclic) bond motifs is 2. The van der Waals surface area contributed by atoms with Crippen LogP contribution >= 0.6 is 0 Å². The molecule has 59 heavy (non-hydrogen) atoms. The average Bonchev–Trinajstić information content (AvgIpc) is 4.02. The second-order valence-electron chi connectivity index (χ2n) is 17.4. The van der Waals surface area contributed by atoms with Crippen LogP contribution < -0.4 is 26.1 Å². The van der Waals surface area contributed by atoms with E-state index >= 15 is 0 Å². The fraction of sp³-hybridized carbons (Fsp3) is 0.457. The van der Waals surface area contributed by atoms with Gasteiger partial charge >= 0.3 is 5.69 Å². The van der Waals surface area contributed by atoms with Crippen molar-refractivity contribution in [3.8, 4) is 22.5 Å². The lowest BCUT2D eigenvalue weighted by Gasteiger charge is -2.40. The fourth-order valence-corrected chi connectivity index (χ4v) is 10.4. The zero-order valence-electron chi connectivity index (χ0n) is 33.8. The second kappa shape index (κ2) is 15.5. The molecule has 4 fully saturated rings. The van der Waals surface area contributed by atoms with Crippen molar-refractivity contribution >= 4 is 40.1 Å². The minimum absolute atomic E-state index is 0.00846. The Morgan fingerprint density at radius 3 is 2.32 bits per heavy atom. The van der Waals surface area contributed by atoms with E-state index in [1.54, 1.807) is 16.2 Å². The number of rotatable bonds is 8. The first-order chi connectivity index (χ1) is 28.8. The predicted octanol–water partition coefficient (Wildman–Crippen LogP) is 5.36. The molecule has 3 amide bonds. The molecule has 0 bridgehead atoms. The van der Waals surface area contributed by atoms with Crippen molar-refractivity contribution in [1.29, 1.82) is 0 Å². The number of hydrogen-bond acceptors (Lipinski definition) is 8. The molecular formula is C46H53N9O4. The summed E-state index contributed by atoms with van der Waals surface area (Å²) in [6, 6.07) is 18.7. The normalized spacial score (nSPS) is 21.0. The molecule has 1 atom stereocenters. The van der Waals surface area contributed by atoms with Crippen LogP contribution in [-0.4, -0.2) is 94.1 Å². The summed E-state index contributed by atoms with van der Waals surface area (Å²) in [7, 11) is 1.75. The zero-order valence-corrected chi connectivity index (χ0v) is 33.8. The molecular weight excluding hydrogens is 743 g/mol. The first kappa shape index (κ1) is 37.6. The number of amides is 3. The lowest BCUT2D eigenvalue weighted by molar-refractivity contribution is -0.135. The molecule has 3 N–H and O–H groups in total. The van der Waals surface area contributed by atoms with Gasteiger partial charge in [-0.3, -0.25) is 38.7 Å². The third-order valence-electron chi connectivity index (χ3n) is 13.8. The Hall–Kier alpha value is -5.69. The monoisotopic (exact) mass is 795 g/mol. The van der Waals surface area contributed by atoms with Crippen molar-refractivity contribution in [2.75, 3.05) is 62.2 Å². The number of aromatic nitrogens is 4. The van der Waals surface area contributed by atoms with E-state index in [1.807, 2.05) is 24.4 Å². The number of imidazole rings is 1. The van der Waals surface area contributed by atoms with E-state index in [-0.39, 0.29) is 23.9 Å². The number of piperidine rings is 2. The third-order valence-corrected chi connectivity index (χ3v) is 13.8. The Bertz CT molecular complexity index is 2490. The summed E-state index contributed by atoms with van der Waals surface area (Å²) < 4.78 is 3.17. The molecule has 10 rings (SSSR count). The number of aromatic amines is 1. The lowest BCUT2D eigenvalue weighted by Crippen LogP contribution is -2.49. The van der Waals surface area contributed by atoms with E-state index < -0.39 is 11.9 Å². The first-order valence-electron chi connectivity index (χ1n) is 21.6. The Labute approximate surface area is 343 Å². The van der Waals surface area contributed by atoms with Gasteiger partial charge in [0, 0.05) is 112 Å². The highest BCUT2D eigenvalue weighted by atomic mass is 16.2. The molecule has 13 heteroatoms. The van der Waals surface area contributed by atoms with Gasteiger partial charge in [-0.25, -0.2) is 4.79 Å². The molecule has 1 aliphatic carbocycles. The second-order valence-corrected chi connectivity index (χ2v) is 17.4. The summed E-state index contributed by atoms with van der Waals surface area (Å²) in [5.41, 5.74) is 11.0. The smallest absolute Gasteiger partial charge is 0.329 e. The molecule has 0 radical (unpaired) electrons. The molecule has 0 spiro atoms. The van der Waals surface area contributed by atoms with Crippen LogP contribution in [-0.2, 0) is 23.1 Å². The maximum Gasteiger partial charge on any atom is 0.329 e. The summed E-state index contributed by atoms with van der Waals surface area (Å²) in [6.07, 6.45) is 10.6. The van der Waals surface area contributed by atoms with Gasteiger partial charge in [0.1, 0.15) is 6.04 Å². The minimum Gasteiger partial charge on any atom is -0.371 e. The molecule has 1 unspecified atom stereocenters. The Balaban J connectivity index is 0.789. The maximum atomic E-state index is 13.3.